The third-order valence-electron chi connectivity index (χ3n) is 5.21. The zero-order valence-corrected chi connectivity index (χ0v) is 19.4. The normalized spacial score (nSPS) is 17.2. The van der Waals surface area contributed by atoms with Gasteiger partial charge in [0.05, 0.1) is 35.2 Å². The molecule has 1 aliphatic heterocycles. The number of nitrogens with zero attached hydrogens (tertiary/aromatic N) is 1. The molecule has 0 aliphatic carbocycles. The Morgan fingerprint density at radius 3 is 2.65 bits per heavy atom. The molecule has 1 atom stereocenters. The van der Waals surface area contributed by atoms with Gasteiger partial charge in [-0.1, -0.05) is 17.7 Å². The fourth-order valence-corrected chi connectivity index (χ4v) is 5.44. The van der Waals surface area contributed by atoms with E-state index in [1.807, 2.05) is 26.0 Å². The maximum Gasteiger partial charge on any atom is 0.243 e. The van der Waals surface area contributed by atoms with Crippen molar-refractivity contribution in [3.05, 3.63) is 47.0 Å². The van der Waals surface area contributed by atoms with Crippen LogP contribution in [-0.2, 0) is 14.8 Å². The molecule has 1 fully saturated rings. The van der Waals surface area contributed by atoms with Crippen molar-refractivity contribution in [2.75, 3.05) is 32.1 Å². The number of amides is 1. The third-order valence-corrected chi connectivity index (χ3v) is 7.37. The Balaban J connectivity index is 1.76. The van der Waals surface area contributed by atoms with Crippen LogP contribution in [0.25, 0.3) is 0 Å². The second kappa shape index (κ2) is 9.89. The van der Waals surface area contributed by atoms with Crippen LogP contribution in [0.5, 0.6) is 11.5 Å². The number of aryl methyl sites for hydroxylation is 1. The second-order valence-electron chi connectivity index (χ2n) is 7.42. The minimum atomic E-state index is -3.79. The van der Waals surface area contributed by atoms with E-state index in [4.69, 9.17) is 21.1 Å². The fraction of sp³-hybridized carbons (Fsp3) is 0.409. The van der Waals surface area contributed by atoms with Crippen molar-refractivity contribution >= 4 is 33.2 Å². The standard InChI is InChI=1S/C22H27ClN2O5S/c1-4-30-20-10-8-17(13-18(20)23)31(27,28)25-11-5-6-16(14-25)22(26)24-19-12-15(2)7-9-21(19)29-3/h7-10,12-13,16H,4-6,11,14H2,1-3H3,(H,24,26). The number of sulfonamides is 1. The van der Waals surface area contributed by atoms with E-state index < -0.39 is 15.9 Å². The van der Waals surface area contributed by atoms with Crippen molar-refractivity contribution in [2.45, 2.75) is 31.6 Å². The van der Waals surface area contributed by atoms with Crippen LogP contribution in [-0.4, -0.2) is 45.4 Å². The van der Waals surface area contributed by atoms with Crippen molar-refractivity contribution in [3.63, 3.8) is 0 Å². The number of anilines is 1. The molecule has 31 heavy (non-hydrogen) atoms. The Morgan fingerprint density at radius 1 is 1.23 bits per heavy atom. The summed E-state index contributed by atoms with van der Waals surface area (Å²) < 4.78 is 38.4. The van der Waals surface area contributed by atoms with Gasteiger partial charge in [-0.3, -0.25) is 4.79 Å². The number of methoxy groups -OCH3 is 1. The molecule has 1 amide bonds. The molecule has 0 radical (unpaired) electrons. The average Bonchev–Trinajstić information content (AvgIpc) is 2.75. The highest BCUT2D eigenvalue weighted by atomic mass is 35.5. The highest BCUT2D eigenvalue weighted by molar-refractivity contribution is 7.89. The molecule has 0 bridgehead atoms. The first-order valence-electron chi connectivity index (χ1n) is 10.1. The van der Waals surface area contributed by atoms with Crippen LogP contribution in [0.4, 0.5) is 5.69 Å². The summed E-state index contributed by atoms with van der Waals surface area (Å²) in [5, 5.41) is 3.13. The first kappa shape index (κ1) is 23.4. The van der Waals surface area contributed by atoms with Crippen LogP contribution < -0.4 is 14.8 Å². The quantitative estimate of drug-likeness (QED) is 0.664. The first-order chi connectivity index (χ1) is 14.8. The predicted molar refractivity (Wildman–Crippen MR) is 120 cm³/mol. The maximum atomic E-state index is 13.2. The summed E-state index contributed by atoms with van der Waals surface area (Å²) in [4.78, 5) is 13.0. The van der Waals surface area contributed by atoms with E-state index in [2.05, 4.69) is 5.32 Å². The van der Waals surface area contributed by atoms with Gasteiger partial charge in [0.25, 0.3) is 0 Å². The number of carbonyl (C=O) groups excluding carboxylic acids is 1. The molecule has 3 rings (SSSR count). The van der Waals surface area contributed by atoms with Crippen molar-refractivity contribution in [2.24, 2.45) is 5.92 Å². The molecule has 1 unspecified atom stereocenters. The fourth-order valence-electron chi connectivity index (χ4n) is 3.59. The maximum absolute atomic E-state index is 13.2. The topological polar surface area (TPSA) is 84.9 Å². The number of carbonyl (C=O) groups is 1. The van der Waals surface area contributed by atoms with E-state index in [0.717, 1.165) is 5.56 Å². The van der Waals surface area contributed by atoms with Crippen LogP contribution >= 0.6 is 11.6 Å². The van der Waals surface area contributed by atoms with Crippen molar-refractivity contribution in [1.29, 1.82) is 0 Å². The van der Waals surface area contributed by atoms with Gasteiger partial charge in [-0.2, -0.15) is 4.31 Å². The summed E-state index contributed by atoms with van der Waals surface area (Å²) in [7, 11) is -2.25. The van der Waals surface area contributed by atoms with Gasteiger partial charge < -0.3 is 14.8 Å². The molecule has 2 aromatic carbocycles. The number of halogens is 1. The molecule has 1 heterocycles. The van der Waals surface area contributed by atoms with Gasteiger partial charge >= 0.3 is 0 Å². The molecule has 0 spiro atoms. The van der Waals surface area contributed by atoms with Gasteiger partial charge in [0.2, 0.25) is 15.9 Å². The van der Waals surface area contributed by atoms with Gasteiger partial charge in [-0.25, -0.2) is 8.42 Å². The Morgan fingerprint density at radius 2 is 1.97 bits per heavy atom. The van der Waals surface area contributed by atoms with E-state index >= 15 is 0 Å². The van der Waals surface area contributed by atoms with Gasteiger partial charge in [-0.05, 0) is 62.6 Å². The SMILES string of the molecule is CCOc1ccc(S(=O)(=O)N2CCCC(C(=O)Nc3cc(C)ccc3OC)C2)cc1Cl. The highest BCUT2D eigenvalue weighted by Crippen LogP contribution is 2.31. The van der Waals surface area contributed by atoms with Crippen LogP contribution in [0.3, 0.4) is 0 Å². The molecule has 168 valence electrons. The first-order valence-corrected chi connectivity index (χ1v) is 12.0. The smallest absolute Gasteiger partial charge is 0.243 e. The second-order valence-corrected chi connectivity index (χ2v) is 9.77. The van der Waals surface area contributed by atoms with Crippen LogP contribution in [0.15, 0.2) is 41.3 Å². The molecule has 7 nitrogen and oxygen atoms in total. The van der Waals surface area contributed by atoms with Crippen LogP contribution in [0.2, 0.25) is 5.02 Å². The lowest BCUT2D eigenvalue weighted by Crippen LogP contribution is -2.43. The summed E-state index contributed by atoms with van der Waals surface area (Å²) in [6, 6.07) is 9.94. The lowest BCUT2D eigenvalue weighted by atomic mass is 9.98. The number of hydrogen-bond donors (Lipinski definition) is 1. The molecular weight excluding hydrogens is 440 g/mol. The molecular formula is C22H27ClN2O5S. The zero-order chi connectivity index (χ0) is 22.6. The van der Waals surface area contributed by atoms with E-state index in [1.165, 1.54) is 23.5 Å². The minimum absolute atomic E-state index is 0.0855. The summed E-state index contributed by atoms with van der Waals surface area (Å²) >= 11 is 6.18. The van der Waals surface area contributed by atoms with Crippen LogP contribution in [0, 0.1) is 12.8 Å². The molecule has 1 aliphatic rings. The van der Waals surface area contributed by atoms with Gasteiger partial charge in [0.15, 0.2) is 0 Å². The average molecular weight is 467 g/mol. The predicted octanol–water partition coefficient (Wildman–Crippen LogP) is 4.10. The summed E-state index contributed by atoms with van der Waals surface area (Å²) in [6.45, 7) is 4.64. The van der Waals surface area contributed by atoms with Gasteiger partial charge in [0.1, 0.15) is 11.5 Å². The third kappa shape index (κ3) is 5.31. The molecule has 0 saturated carbocycles. The number of ether oxygens (including phenoxy) is 2. The minimum Gasteiger partial charge on any atom is -0.495 e. The Bertz CT molecular complexity index is 1060. The molecule has 1 N–H and O–H groups in total. The van der Waals surface area contributed by atoms with Crippen molar-refractivity contribution in [1.82, 2.24) is 4.31 Å². The Hall–Kier alpha value is -2.29. The van der Waals surface area contributed by atoms with E-state index in [0.29, 0.717) is 43.2 Å². The van der Waals surface area contributed by atoms with Crippen molar-refractivity contribution < 1.29 is 22.7 Å². The molecule has 0 aromatic heterocycles. The Kier molecular flexibility index (Phi) is 7.46. The van der Waals surface area contributed by atoms with E-state index in [9.17, 15) is 13.2 Å². The van der Waals surface area contributed by atoms with E-state index in [-0.39, 0.29) is 22.4 Å². The number of hydrogen-bond acceptors (Lipinski definition) is 5. The summed E-state index contributed by atoms with van der Waals surface area (Å²) in [6.07, 6.45) is 1.20. The zero-order valence-electron chi connectivity index (χ0n) is 17.9. The number of nitrogens with one attached hydrogen (secondary N) is 1. The van der Waals surface area contributed by atoms with Crippen LogP contribution in [0.1, 0.15) is 25.3 Å². The molecule has 1 saturated heterocycles. The lowest BCUT2D eigenvalue weighted by molar-refractivity contribution is -0.120. The van der Waals surface area contributed by atoms with Crippen molar-refractivity contribution in [3.8, 4) is 11.5 Å². The van der Waals surface area contributed by atoms with Gasteiger partial charge in [-0.15, -0.1) is 0 Å². The van der Waals surface area contributed by atoms with Gasteiger partial charge in [0, 0.05) is 13.1 Å². The number of benzene rings is 2. The summed E-state index contributed by atoms with van der Waals surface area (Å²) in [5.41, 5.74) is 1.56. The molecule has 2 aromatic rings. The lowest BCUT2D eigenvalue weighted by Gasteiger charge is -2.31. The van der Waals surface area contributed by atoms with E-state index in [1.54, 1.807) is 12.1 Å². The highest BCUT2D eigenvalue weighted by Gasteiger charge is 2.34. The monoisotopic (exact) mass is 466 g/mol. The number of piperidine rings is 1. The largest absolute Gasteiger partial charge is 0.495 e. The Labute approximate surface area is 188 Å². The number of rotatable bonds is 7. The summed E-state index contributed by atoms with van der Waals surface area (Å²) in [5.74, 6) is 0.301. The molecule has 9 heteroatoms.